The molecule has 0 fully saturated rings. The summed E-state index contributed by atoms with van der Waals surface area (Å²) < 4.78 is 10.5. The third kappa shape index (κ3) is 5.01. The molecule has 28 heavy (non-hydrogen) atoms. The molecule has 3 aromatic rings. The van der Waals surface area contributed by atoms with Gasteiger partial charge in [-0.15, -0.1) is 0 Å². The minimum absolute atomic E-state index is 0.228. The van der Waals surface area contributed by atoms with Crippen LogP contribution in [0.15, 0.2) is 67.0 Å². The van der Waals surface area contributed by atoms with E-state index in [-0.39, 0.29) is 5.91 Å². The molecule has 0 aliphatic heterocycles. The van der Waals surface area contributed by atoms with Gasteiger partial charge in [-0.05, 0) is 36.2 Å². The number of pyridine rings is 1. The quantitative estimate of drug-likeness (QED) is 0.621. The van der Waals surface area contributed by atoms with Crippen molar-refractivity contribution in [1.29, 1.82) is 0 Å². The van der Waals surface area contributed by atoms with Gasteiger partial charge < -0.3 is 20.1 Å². The summed E-state index contributed by atoms with van der Waals surface area (Å²) in [6.07, 6.45) is 4.04. The summed E-state index contributed by atoms with van der Waals surface area (Å²) in [6.45, 7) is 0.697. The van der Waals surface area contributed by atoms with Crippen molar-refractivity contribution in [3.8, 4) is 11.5 Å². The Labute approximate surface area is 164 Å². The Hall–Kier alpha value is -3.54. The summed E-state index contributed by atoms with van der Waals surface area (Å²) in [5.74, 6) is 1.32. The molecule has 0 unspecified atom stereocenters. The lowest BCUT2D eigenvalue weighted by molar-refractivity contribution is 0.102. The van der Waals surface area contributed by atoms with Crippen LogP contribution in [0.1, 0.15) is 15.9 Å². The first-order valence-electron chi connectivity index (χ1n) is 8.96. The van der Waals surface area contributed by atoms with E-state index >= 15 is 0 Å². The van der Waals surface area contributed by atoms with E-state index in [1.807, 2.05) is 42.5 Å². The van der Waals surface area contributed by atoms with E-state index in [1.165, 1.54) is 0 Å². The number of benzene rings is 2. The topological polar surface area (TPSA) is 72.5 Å². The van der Waals surface area contributed by atoms with Gasteiger partial charge >= 0.3 is 0 Å². The molecule has 6 nitrogen and oxygen atoms in total. The second kappa shape index (κ2) is 9.41. The van der Waals surface area contributed by atoms with Crippen LogP contribution in [-0.2, 0) is 6.42 Å². The van der Waals surface area contributed by atoms with Crippen LogP contribution in [0.2, 0.25) is 0 Å². The number of nitrogens with zero attached hydrogens (tertiary/aromatic N) is 1. The minimum Gasteiger partial charge on any atom is -0.497 e. The lowest BCUT2D eigenvalue weighted by Gasteiger charge is -2.11. The monoisotopic (exact) mass is 377 g/mol. The van der Waals surface area contributed by atoms with E-state index < -0.39 is 0 Å². The molecule has 2 N–H and O–H groups in total. The third-order valence-electron chi connectivity index (χ3n) is 4.24. The van der Waals surface area contributed by atoms with Gasteiger partial charge in [0.25, 0.3) is 5.91 Å². The summed E-state index contributed by atoms with van der Waals surface area (Å²) in [6, 6.07) is 16.9. The predicted molar refractivity (Wildman–Crippen MR) is 110 cm³/mol. The molecule has 0 saturated carbocycles. The standard InChI is InChI=1S/C22H23N3O3/c1-27-20-8-5-7-18(13-20)25-22(26)17-12-19(15-23-14-17)24-11-10-16-6-3-4-9-21(16)28-2/h3-9,12-15,24H,10-11H2,1-2H3,(H,25,26). The van der Waals surface area contributed by atoms with Gasteiger partial charge in [0, 0.05) is 30.7 Å². The van der Waals surface area contributed by atoms with Crippen LogP contribution in [0.3, 0.4) is 0 Å². The lowest BCUT2D eigenvalue weighted by atomic mass is 10.1. The largest absolute Gasteiger partial charge is 0.497 e. The van der Waals surface area contributed by atoms with E-state index in [0.717, 1.165) is 23.4 Å². The van der Waals surface area contributed by atoms with Gasteiger partial charge in [0.1, 0.15) is 11.5 Å². The number of anilines is 2. The van der Waals surface area contributed by atoms with Crippen molar-refractivity contribution in [2.24, 2.45) is 0 Å². The Bertz CT molecular complexity index is 944. The maximum Gasteiger partial charge on any atom is 0.257 e. The molecule has 0 radical (unpaired) electrons. The van der Waals surface area contributed by atoms with Gasteiger partial charge in [-0.25, -0.2) is 0 Å². The van der Waals surface area contributed by atoms with E-state index in [2.05, 4.69) is 15.6 Å². The van der Waals surface area contributed by atoms with Crippen molar-refractivity contribution in [3.05, 3.63) is 78.1 Å². The fourth-order valence-corrected chi connectivity index (χ4v) is 2.82. The number of methoxy groups -OCH3 is 2. The molecule has 144 valence electrons. The van der Waals surface area contributed by atoms with Crippen LogP contribution in [0.5, 0.6) is 11.5 Å². The van der Waals surface area contributed by atoms with Gasteiger partial charge in [0.2, 0.25) is 0 Å². The zero-order chi connectivity index (χ0) is 19.8. The smallest absolute Gasteiger partial charge is 0.257 e. The minimum atomic E-state index is -0.228. The van der Waals surface area contributed by atoms with E-state index in [4.69, 9.17) is 9.47 Å². The maximum atomic E-state index is 12.5. The van der Waals surface area contributed by atoms with Crippen molar-refractivity contribution in [2.45, 2.75) is 6.42 Å². The summed E-state index contributed by atoms with van der Waals surface area (Å²) in [5.41, 5.74) is 3.05. The first kappa shape index (κ1) is 19.2. The number of aromatic nitrogens is 1. The van der Waals surface area contributed by atoms with Gasteiger partial charge in [-0.2, -0.15) is 0 Å². The summed E-state index contributed by atoms with van der Waals surface area (Å²) >= 11 is 0. The van der Waals surface area contributed by atoms with Crippen LogP contribution < -0.4 is 20.1 Å². The second-order valence-corrected chi connectivity index (χ2v) is 6.14. The number of amides is 1. The maximum absolute atomic E-state index is 12.5. The molecule has 0 atom stereocenters. The molecule has 1 amide bonds. The van der Waals surface area contributed by atoms with Crippen LogP contribution in [0, 0.1) is 0 Å². The van der Waals surface area contributed by atoms with Gasteiger partial charge in [-0.1, -0.05) is 24.3 Å². The highest BCUT2D eigenvalue weighted by Gasteiger charge is 2.08. The first-order valence-corrected chi connectivity index (χ1v) is 8.96. The number of carbonyl (C=O) groups is 1. The van der Waals surface area contributed by atoms with Crippen LogP contribution in [0.4, 0.5) is 11.4 Å². The van der Waals surface area contributed by atoms with Crippen molar-refractivity contribution in [1.82, 2.24) is 4.98 Å². The van der Waals surface area contributed by atoms with E-state index in [0.29, 0.717) is 23.5 Å². The number of hydrogen-bond acceptors (Lipinski definition) is 5. The zero-order valence-electron chi connectivity index (χ0n) is 15.9. The zero-order valence-corrected chi connectivity index (χ0v) is 15.9. The molecule has 3 rings (SSSR count). The normalized spacial score (nSPS) is 10.2. The molecular formula is C22H23N3O3. The molecule has 0 aliphatic rings. The second-order valence-electron chi connectivity index (χ2n) is 6.14. The number of para-hydroxylation sites is 1. The fraction of sp³-hybridized carbons (Fsp3) is 0.182. The number of nitrogens with one attached hydrogen (secondary N) is 2. The van der Waals surface area contributed by atoms with Crippen LogP contribution >= 0.6 is 0 Å². The first-order chi connectivity index (χ1) is 13.7. The Morgan fingerprint density at radius 3 is 2.64 bits per heavy atom. The average molecular weight is 377 g/mol. The van der Waals surface area contributed by atoms with Crippen molar-refractivity contribution >= 4 is 17.3 Å². The Balaban J connectivity index is 1.60. The predicted octanol–water partition coefficient (Wildman–Crippen LogP) is 4.01. The molecule has 2 aromatic carbocycles. The number of ether oxygens (including phenoxy) is 2. The van der Waals surface area contributed by atoms with Crippen molar-refractivity contribution in [2.75, 3.05) is 31.4 Å². The van der Waals surface area contributed by atoms with Crippen LogP contribution in [0.25, 0.3) is 0 Å². The summed E-state index contributed by atoms with van der Waals surface area (Å²) in [4.78, 5) is 16.7. The van der Waals surface area contributed by atoms with Crippen molar-refractivity contribution < 1.29 is 14.3 Å². The Morgan fingerprint density at radius 2 is 1.82 bits per heavy atom. The molecule has 0 bridgehead atoms. The molecular weight excluding hydrogens is 354 g/mol. The summed E-state index contributed by atoms with van der Waals surface area (Å²) in [5, 5.41) is 6.16. The number of hydrogen-bond donors (Lipinski definition) is 2. The highest BCUT2D eigenvalue weighted by molar-refractivity contribution is 6.04. The number of rotatable bonds is 8. The van der Waals surface area contributed by atoms with E-state index in [1.54, 1.807) is 38.7 Å². The molecule has 6 heteroatoms. The molecule has 0 aliphatic carbocycles. The Kier molecular flexibility index (Phi) is 6.46. The fourth-order valence-electron chi connectivity index (χ4n) is 2.82. The number of carbonyl (C=O) groups excluding carboxylic acids is 1. The van der Waals surface area contributed by atoms with Crippen LogP contribution in [-0.4, -0.2) is 31.7 Å². The molecule has 1 heterocycles. The Morgan fingerprint density at radius 1 is 0.964 bits per heavy atom. The SMILES string of the molecule is COc1cccc(NC(=O)c2cncc(NCCc3ccccc3OC)c2)c1. The third-order valence-corrected chi connectivity index (χ3v) is 4.24. The van der Waals surface area contributed by atoms with Gasteiger partial charge in [0.15, 0.2) is 0 Å². The summed E-state index contributed by atoms with van der Waals surface area (Å²) in [7, 11) is 3.26. The van der Waals surface area contributed by atoms with Gasteiger partial charge in [-0.3, -0.25) is 9.78 Å². The van der Waals surface area contributed by atoms with Gasteiger partial charge in [0.05, 0.1) is 25.5 Å². The lowest BCUT2D eigenvalue weighted by Crippen LogP contribution is -2.13. The molecule has 1 aromatic heterocycles. The highest BCUT2D eigenvalue weighted by Crippen LogP contribution is 2.19. The average Bonchev–Trinajstić information content (AvgIpc) is 2.74. The molecule has 0 spiro atoms. The van der Waals surface area contributed by atoms with Crippen molar-refractivity contribution in [3.63, 3.8) is 0 Å². The molecule has 0 saturated heterocycles. The van der Waals surface area contributed by atoms with E-state index in [9.17, 15) is 4.79 Å². The highest BCUT2D eigenvalue weighted by atomic mass is 16.5.